The Balaban J connectivity index is 1.78. The molecule has 10 heteroatoms. The summed E-state index contributed by atoms with van der Waals surface area (Å²) in [6, 6.07) is 2.12. The third-order valence-corrected chi connectivity index (χ3v) is 4.03. The molecule has 3 rings (SSSR count). The number of nitrogens with one attached hydrogen (secondary N) is 2. The zero-order chi connectivity index (χ0) is 18.1. The van der Waals surface area contributed by atoms with Gasteiger partial charge in [-0.1, -0.05) is 12.2 Å². The SMILES string of the molecule is CC(=S)NC[C@@H]1CN(c2cc(F)c(N3CNC(=O)C3)c(F)c2)C(=O)O1. The van der Waals surface area contributed by atoms with Crippen LogP contribution < -0.4 is 20.4 Å². The topological polar surface area (TPSA) is 73.9 Å². The number of nitrogens with zero attached hydrogens (tertiary/aromatic N) is 2. The van der Waals surface area contributed by atoms with Gasteiger partial charge in [-0.15, -0.1) is 0 Å². The molecule has 7 nitrogen and oxygen atoms in total. The summed E-state index contributed by atoms with van der Waals surface area (Å²) in [7, 11) is 0. The third kappa shape index (κ3) is 3.63. The number of carbonyl (C=O) groups excluding carboxylic acids is 2. The summed E-state index contributed by atoms with van der Waals surface area (Å²) in [6.45, 7) is 2.08. The smallest absolute Gasteiger partial charge is 0.414 e. The number of ether oxygens (including phenoxy) is 1. The van der Waals surface area contributed by atoms with Gasteiger partial charge in [0.15, 0.2) is 11.6 Å². The molecule has 0 unspecified atom stereocenters. The number of rotatable bonds is 4. The van der Waals surface area contributed by atoms with E-state index in [1.807, 2.05) is 0 Å². The number of cyclic esters (lactones) is 1. The van der Waals surface area contributed by atoms with Gasteiger partial charge in [0, 0.05) is 12.1 Å². The van der Waals surface area contributed by atoms with Gasteiger partial charge in [-0.2, -0.15) is 0 Å². The minimum Gasteiger partial charge on any atom is -0.442 e. The van der Waals surface area contributed by atoms with E-state index in [0.717, 1.165) is 17.0 Å². The normalized spacial score (nSPS) is 19.9. The van der Waals surface area contributed by atoms with E-state index in [1.54, 1.807) is 6.92 Å². The van der Waals surface area contributed by atoms with Crippen molar-refractivity contribution in [2.24, 2.45) is 0 Å². The highest BCUT2D eigenvalue weighted by Gasteiger charge is 2.34. The number of thiocarbonyl (C=S) groups is 1. The summed E-state index contributed by atoms with van der Waals surface area (Å²) in [5.74, 6) is -2.01. The van der Waals surface area contributed by atoms with Crippen LogP contribution in [-0.4, -0.2) is 49.4 Å². The second-order valence-electron chi connectivity index (χ2n) is 5.77. The largest absolute Gasteiger partial charge is 0.442 e. The minimum absolute atomic E-state index is 0.0302. The molecule has 0 spiro atoms. The van der Waals surface area contributed by atoms with Crippen LogP contribution in [0.3, 0.4) is 0 Å². The van der Waals surface area contributed by atoms with Crippen LogP contribution >= 0.6 is 12.2 Å². The van der Waals surface area contributed by atoms with Crippen molar-refractivity contribution in [2.45, 2.75) is 13.0 Å². The molecule has 134 valence electrons. The highest BCUT2D eigenvalue weighted by molar-refractivity contribution is 7.80. The van der Waals surface area contributed by atoms with Crippen LogP contribution in [0.25, 0.3) is 0 Å². The number of benzene rings is 1. The molecule has 2 aliphatic heterocycles. The quantitative estimate of drug-likeness (QED) is 0.774. The fourth-order valence-electron chi connectivity index (χ4n) is 2.73. The predicted molar refractivity (Wildman–Crippen MR) is 90.6 cm³/mol. The van der Waals surface area contributed by atoms with Crippen molar-refractivity contribution < 1.29 is 23.1 Å². The third-order valence-electron chi connectivity index (χ3n) is 3.88. The molecule has 25 heavy (non-hydrogen) atoms. The Kier molecular flexibility index (Phi) is 4.71. The molecule has 2 N–H and O–H groups in total. The van der Waals surface area contributed by atoms with Crippen molar-refractivity contribution in [2.75, 3.05) is 36.1 Å². The molecule has 0 bridgehead atoms. The van der Waals surface area contributed by atoms with Crippen LogP contribution in [0, 0.1) is 11.6 Å². The number of anilines is 2. The Morgan fingerprint density at radius 2 is 2.08 bits per heavy atom. The molecular weight excluding hydrogens is 354 g/mol. The molecule has 1 atom stereocenters. The van der Waals surface area contributed by atoms with Gasteiger partial charge < -0.3 is 20.3 Å². The summed E-state index contributed by atoms with van der Waals surface area (Å²) in [4.78, 5) is 26.2. The van der Waals surface area contributed by atoms with E-state index in [2.05, 4.69) is 10.6 Å². The fourth-order valence-corrected chi connectivity index (χ4v) is 2.82. The Morgan fingerprint density at radius 3 is 2.64 bits per heavy atom. The molecule has 1 aromatic carbocycles. The van der Waals surface area contributed by atoms with Gasteiger partial charge >= 0.3 is 6.09 Å². The van der Waals surface area contributed by atoms with E-state index in [9.17, 15) is 18.4 Å². The van der Waals surface area contributed by atoms with Crippen LogP contribution in [0.15, 0.2) is 12.1 Å². The van der Waals surface area contributed by atoms with Crippen LogP contribution in [0.5, 0.6) is 0 Å². The van der Waals surface area contributed by atoms with Gasteiger partial charge in [0.25, 0.3) is 0 Å². The van der Waals surface area contributed by atoms with E-state index in [1.165, 1.54) is 4.90 Å². The van der Waals surface area contributed by atoms with Crippen molar-refractivity contribution >= 4 is 40.6 Å². The lowest BCUT2D eigenvalue weighted by Crippen LogP contribution is -2.32. The van der Waals surface area contributed by atoms with Crippen molar-refractivity contribution in [3.63, 3.8) is 0 Å². The van der Waals surface area contributed by atoms with Gasteiger partial charge in [-0.05, 0) is 6.92 Å². The zero-order valence-corrected chi connectivity index (χ0v) is 14.2. The molecule has 0 radical (unpaired) electrons. The summed E-state index contributed by atoms with van der Waals surface area (Å²) in [6.07, 6.45) is -1.16. The molecule has 0 aromatic heterocycles. The molecule has 0 aliphatic carbocycles. The van der Waals surface area contributed by atoms with Crippen LogP contribution in [-0.2, 0) is 9.53 Å². The minimum atomic E-state index is -0.851. The Labute approximate surface area is 147 Å². The Morgan fingerprint density at radius 1 is 1.40 bits per heavy atom. The molecule has 2 amide bonds. The van der Waals surface area contributed by atoms with Crippen molar-refractivity contribution in [1.29, 1.82) is 0 Å². The van der Waals surface area contributed by atoms with Gasteiger partial charge in [-0.25, -0.2) is 13.6 Å². The first-order valence-corrected chi connectivity index (χ1v) is 7.99. The van der Waals surface area contributed by atoms with Crippen molar-refractivity contribution in [3.05, 3.63) is 23.8 Å². The van der Waals surface area contributed by atoms with Crippen molar-refractivity contribution in [1.82, 2.24) is 10.6 Å². The first kappa shape index (κ1) is 17.3. The number of carbonyl (C=O) groups is 2. The number of hydrogen-bond donors (Lipinski definition) is 2. The van der Waals surface area contributed by atoms with E-state index >= 15 is 0 Å². The lowest BCUT2D eigenvalue weighted by molar-refractivity contribution is -0.118. The summed E-state index contributed by atoms with van der Waals surface area (Å²) < 4.78 is 33.9. The highest BCUT2D eigenvalue weighted by atomic mass is 32.1. The molecule has 2 fully saturated rings. The summed E-state index contributed by atoms with van der Waals surface area (Å²) >= 11 is 4.89. The number of amides is 2. The van der Waals surface area contributed by atoms with E-state index in [4.69, 9.17) is 17.0 Å². The average molecular weight is 370 g/mol. The summed E-state index contributed by atoms with van der Waals surface area (Å²) in [5.41, 5.74) is -0.243. The summed E-state index contributed by atoms with van der Waals surface area (Å²) in [5, 5.41) is 5.37. The van der Waals surface area contributed by atoms with Crippen molar-refractivity contribution in [3.8, 4) is 0 Å². The Bertz CT molecular complexity index is 722. The monoisotopic (exact) mass is 370 g/mol. The van der Waals surface area contributed by atoms with Gasteiger partial charge in [-0.3, -0.25) is 9.69 Å². The molecule has 0 saturated carbocycles. The zero-order valence-electron chi connectivity index (χ0n) is 13.3. The second kappa shape index (κ2) is 6.79. The van der Waals surface area contributed by atoms with Gasteiger partial charge in [0.1, 0.15) is 11.8 Å². The lowest BCUT2D eigenvalue weighted by atomic mass is 10.2. The fraction of sp³-hybridized carbons (Fsp3) is 0.400. The maximum Gasteiger partial charge on any atom is 0.414 e. The molecule has 2 heterocycles. The number of halogens is 2. The van der Waals surface area contributed by atoms with E-state index in [0.29, 0.717) is 11.5 Å². The van der Waals surface area contributed by atoms with Gasteiger partial charge in [0.2, 0.25) is 5.91 Å². The van der Waals surface area contributed by atoms with E-state index < -0.39 is 23.8 Å². The predicted octanol–water partition coefficient (Wildman–Crippen LogP) is 1.12. The highest BCUT2D eigenvalue weighted by Crippen LogP contribution is 2.31. The molecule has 2 aliphatic rings. The maximum atomic E-state index is 14.4. The van der Waals surface area contributed by atoms with Crippen LogP contribution in [0.2, 0.25) is 0 Å². The number of hydrogen-bond acceptors (Lipinski definition) is 5. The molecule has 2 saturated heterocycles. The van der Waals surface area contributed by atoms with Gasteiger partial charge in [0.05, 0.1) is 37.0 Å². The second-order valence-corrected chi connectivity index (χ2v) is 6.38. The first-order chi connectivity index (χ1) is 11.8. The van der Waals surface area contributed by atoms with Crippen LogP contribution in [0.4, 0.5) is 25.0 Å². The van der Waals surface area contributed by atoms with E-state index in [-0.39, 0.29) is 37.0 Å². The molecule has 1 aromatic rings. The Hall–Kier alpha value is -2.49. The standard InChI is InChI=1S/C15H16F2N4O3S/c1-8(25)18-4-10-5-21(15(23)24-10)9-2-11(16)14(12(17)3-9)20-6-13(22)19-7-20/h2-3,10H,4-7H2,1H3,(H,18,25)(H,19,22)/t10-/m1/s1. The molecular formula is C15H16F2N4O3S. The van der Waals surface area contributed by atoms with Crippen LogP contribution in [0.1, 0.15) is 6.92 Å². The first-order valence-electron chi connectivity index (χ1n) is 7.58. The average Bonchev–Trinajstić information content (AvgIpc) is 3.10. The lowest BCUT2D eigenvalue weighted by Gasteiger charge is -2.20. The maximum absolute atomic E-state index is 14.4.